The fourth-order valence-electron chi connectivity index (χ4n) is 1.86. The van der Waals surface area contributed by atoms with Gasteiger partial charge in [0.15, 0.2) is 0 Å². The SMILES string of the molecule is CCNC(COC(C)C)c1ccc(OC(C)C)cc1. The van der Waals surface area contributed by atoms with Crippen LogP contribution in [-0.4, -0.2) is 25.4 Å². The van der Waals surface area contributed by atoms with Crippen LogP contribution >= 0.6 is 0 Å². The Balaban J connectivity index is 2.67. The fraction of sp³-hybridized carbons (Fsp3) is 0.625. The summed E-state index contributed by atoms with van der Waals surface area (Å²) in [6.45, 7) is 11.9. The molecule has 0 spiro atoms. The van der Waals surface area contributed by atoms with Crippen LogP contribution in [0.4, 0.5) is 0 Å². The third-order valence-corrected chi connectivity index (χ3v) is 2.70. The van der Waals surface area contributed by atoms with Crippen LogP contribution in [0.2, 0.25) is 0 Å². The van der Waals surface area contributed by atoms with E-state index >= 15 is 0 Å². The summed E-state index contributed by atoms with van der Waals surface area (Å²) in [6, 6.07) is 8.49. The predicted molar refractivity (Wildman–Crippen MR) is 79.7 cm³/mol. The fourth-order valence-corrected chi connectivity index (χ4v) is 1.86. The summed E-state index contributed by atoms with van der Waals surface area (Å²) in [6.07, 6.45) is 0.462. The standard InChI is InChI=1S/C16H27NO2/c1-6-17-16(11-18-12(2)3)14-7-9-15(10-8-14)19-13(4)5/h7-10,12-13,16-17H,6,11H2,1-5H3. The zero-order chi connectivity index (χ0) is 14.3. The molecule has 108 valence electrons. The minimum atomic E-state index is 0.208. The highest BCUT2D eigenvalue weighted by molar-refractivity contribution is 5.29. The summed E-state index contributed by atoms with van der Waals surface area (Å²) in [5.74, 6) is 0.916. The molecule has 3 heteroatoms. The molecule has 1 N–H and O–H groups in total. The van der Waals surface area contributed by atoms with Crippen LogP contribution in [0, 0.1) is 0 Å². The maximum absolute atomic E-state index is 5.71. The molecule has 0 heterocycles. The van der Waals surface area contributed by atoms with E-state index in [1.54, 1.807) is 0 Å². The lowest BCUT2D eigenvalue weighted by Crippen LogP contribution is -2.26. The van der Waals surface area contributed by atoms with Crippen molar-refractivity contribution in [2.24, 2.45) is 0 Å². The highest BCUT2D eigenvalue weighted by atomic mass is 16.5. The highest BCUT2D eigenvalue weighted by Crippen LogP contribution is 2.19. The van der Waals surface area contributed by atoms with Crippen LogP contribution in [-0.2, 0) is 4.74 Å². The van der Waals surface area contributed by atoms with E-state index < -0.39 is 0 Å². The first kappa shape index (κ1) is 16.0. The van der Waals surface area contributed by atoms with E-state index in [4.69, 9.17) is 9.47 Å². The van der Waals surface area contributed by atoms with Crippen molar-refractivity contribution in [1.82, 2.24) is 5.32 Å². The Bertz CT molecular complexity index is 346. The summed E-state index contributed by atoms with van der Waals surface area (Å²) in [5, 5.41) is 3.45. The minimum Gasteiger partial charge on any atom is -0.491 e. The smallest absolute Gasteiger partial charge is 0.119 e. The molecule has 0 amide bonds. The molecule has 0 fully saturated rings. The van der Waals surface area contributed by atoms with Gasteiger partial charge in [0, 0.05) is 0 Å². The monoisotopic (exact) mass is 265 g/mol. The van der Waals surface area contributed by atoms with Crippen molar-refractivity contribution in [1.29, 1.82) is 0 Å². The van der Waals surface area contributed by atoms with Gasteiger partial charge in [-0.25, -0.2) is 0 Å². The normalized spacial score (nSPS) is 13.0. The Morgan fingerprint density at radius 3 is 2.11 bits per heavy atom. The van der Waals surface area contributed by atoms with Crippen molar-refractivity contribution in [2.75, 3.05) is 13.2 Å². The molecule has 1 rings (SSSR count). The summed E-state index contributed by atoms with van der Waals surface area (Å²) in [5.41, 5.74) is 1.23. The van der Waals surface area contributed by atoms with Crippen molar-refractivity contribution in [3.8, 4) is 5.75 Å². The largest absolute Gasteiger partial charge is 0.491 e. The number of rotatable bonds is 8. The summed E-state index contributed by atoms with van der Waals surface area (Å²) < 4.78 is 11.4. The third kappa shape index (κ3) is 6.08. The first-order valence-electron chi connectivity index (χ1n) is 7.14. The van der Waals surface area contributed by atoms with Gasteiger partial charge in [-0.1, -0.05) is 19.1 Å². The third-order valence-electron chi connectivity index (χ3n) is 2.70. The van der Waals surface area contributed by atoms with Crippen molar-refractivity contribution in [2.45, 2.75) is 52.9 Å². The summed E-state index contributed by atoms with van der Waals surface area (Å²) >= 11 is 0. The van der Waals surface area contributed by atoms with Gasteiger partial charge < -0.3 is 14.8 Å². The molecular formula is C16H27NO2. The van der Waals surface area contributed by atoms with E-state index in [0.29, 0.717) is 6.61 Å². The Kier molecular flexibility index (Phi) is 6.89. The topological polar surface area (TPSA) is 30.5 Å². The van der Waals surface area contributed by atoms with Crippen LogP contribution in [0.15, 0.2) is 24.3 Å². The summed E-state index contributed by atoms with van der Waals surface area (Å²) in [7, 11) is 0. The second-order valence-electron chi connectivity index (χ2n) is 5.23. The quantitative estimate of drug-likeness (QED) is 0.779. The molecule has 1 unspecified atom stereocenters. The van der Waals surface area contributed by atoms with Crippen molar-refractivity contribution >= 4 is 0 Å². The second-order valence-corrected chi connectivity index (χ2v) is 5.23. The maximum atomic E-state index is 5.71. The maximum Gasteiger partial charge on any atom is 0.119 e. The van der Waals surface area contributed by atoms with E-state index in [-0.39, 0.29) is 18.2 Å². The average Bonchev–Trinajstić information content (AvgIpc) is 2.34. The Hall–Kier alpha value is -1.06. The van der Waals surface area contributed by atoms with Gasteiger partial charge in [0.1, 0.15) is 5.75 Å². The van der Waals surface area contributed by atoms with E-state index in [9.17, 15) is 0 Å². The van der Waals surface area contributed by atoms with Gasteiger partial charge in [0.2, 0.25) is 0 Å². The van der Waals surface area contributed by atoms with Crippen molar-refractivity contribution < 1.29 is 9.47 Å². The average molecular weight is 265 g/mol. The van der Waals surface area contributed by atoms with Gasteiger partial charge in [-0.3, -0.25) is 0 Å². The lowest BCUT2D eigenvalue weighted by molar-refractivity contribution is 0.0614. The van der Waals surface area contributed by atoms with Gasteiger partial charge in [-0.05, 0) is 51.9 Å². The predicted octanol–water partition coefficient (Wildman–Crippen LogP) is 3.55. The lowest BCUT2D eigenvalue weighted by atomic mass is 10.1. The molecule has 0 aliphatic rings. The molecule has 0 bridgehead atoms. The minimum absolute atomic E-state index is 0.208. The van der Waals surface area contributed by atoms with Crippen LogP contribution in [0.5, 0.6) is 5.75 Å². The van der Waals surface area contributed by atoms with E-state index in [1.807, 2.05) is 26.0 Å². The number of ether oxygens (including phenoxy) is 2. The van der Waals surface area contributed by atoms with Crippen LogP contribution in [0.25, 0.3) is 0 Å². The number of hydrogen-bond donors (Lipinski definition) is 1. The van der Waals surface area contributed by atoms with Crippen molar-refractivity contribution in [3.05, 3.63) is 29.8 Å². The van der Waals surface area contributed by atoms with Crippen LogP contribution < -0.4 is 10.1 Å². The molecule has 1 aromatic carbocycles. The van der Waals surface area contributed by atoms with Crippen molar-refractivity contribution in [3.63, 3.8) is 0 Å². The Labute approximate surface area is 117 Å². The molecule has 0 radical (unpaired) electrons. The zero-order valence-corrected chi connectivity index (χ0v) is 12.8. The number of likely N-dealkylation sites (N-methyl/N-ethyl adjacent to an activating group) is 1. The summed E-state index contributed by atoms with van der Waals surface area (Å²) in [4.78, 5) is 0. The zero-order valence-electron chi connectivity index (χ0n) is 12.8. The molecule has 19 heavy (non-hydrogen) atoms. The molecule has 0 saturated carbocycles. The molecule has 3 nitrogen and oxygen atoms in total. The molecule has 1 atom stereocenters. The van der Waals surface area contributed by atoms with Crippen LogP contribution in [0.3, 0.4) is 0 Å². The molecule has 0 aliphatic carbocycles. The number of benzene rings is 1. The second kappa shape index (κ2) is 8.18. The van der Waals surface area contributed by atoms with Crippen LogP contribution in [0.1, 0.15) is 46.2 Å². The molecule has 0 aliphatic heterocycles. The van der Waals surface area contributed by atoms with Gasteiger partial charge in [-0.15, -0.1) is 0 Å². The van der Waals surface area contributed by atoms with E-state index in [0.717, 1.165) is 12.3 Å². The Morgan fingerprint density at radius 1 is 1.00 bits per heavy atom. The number of hydrogen-bond acceptors (Lipinski definition) is 3. The number of nitrogens with one attached hydrogen (secondary N) is 1. The van der Waals surface area contributed by atoms with E-state index in [2.05, 4.69) is 38.2 Å². The van der Waals surface area contributed by atoms with Gasteiger partial charge >= 0.3 is 0 Å². The first-order chi connectivity index (χ1) is 9.02. The lowest BCUT2D eigenvalue weighted by Gasteiger charge is -2.20. The molecular weight excluding hydrogens is 238 g/mol. The Morgan fingerprint density at radius 2 is 1.63 bits per heavy atom. The van der Waals surface area contributed by atoms with Gasteiger partial charge in [0.25, 0.3) is 0 Å². The van der Waals surface area contributed by atoms with E-state index in [1.165, 1.54) is 5.56 Å². The molecule has 0 aromatic heterocycles. The molecule has 1 aromatic rings. The highest BCUT2D eigenvalue weighted by Gasteiger charge is 2.11. The van der Waals surface area contributed by atoms with Gasteiger partial charge in [-0.2, -0.15) is 0 Å². The van der Waals surface area contributed by atoms with Gasteiger partial charge in [0.05, 0.1) is 24.9 Å². The first-order valence-corrected chi connectivity index (χ1v) is 7.14. The molecule has 0 saturated heterocycles.